The second-order valence-corrected chi connectivity index (χ2v) is 6.00. The standard InChI is InChI=1S/C14H26N2O3/c1-5-6-14(12(18)19)7-9-16(10-8-14)11(17)13(2,3)15-4/h15H,5-10H2,1-4H3,(H,18,19). The Labute approximate surface area is 115 Å². The number of nitrogens with one attached hydrogen (secondary N) is 1. The molecule has 2 N–H and O–H groups in total. The molecule has 0 unspecified atom stereocenters. The van der Waals surface area contributed by atoms with E-state index in [0.29, 0.717) is 32.4 Å². The maximum absolute atomic E-state index is 12.3. The Hall–Kier alpha value is -1.10. The molecule has 0 spiro atoms. The molecule has 19 heavy (non-hydrogen) atoms. The van der Waals surface area contributed by atoms with Crippen molar-refractivity contribution < 1.29 is 14.7 Å². The van der Waals surface area contributed by atoms with Gasteiger partial charge in [0.1, 0.15) is 0 Å². The number of carbonyl (C=O) groups is 2. The van der Waals surface area contributed by atoms with Crippen LogP contribution in [0.25, 0.3) is 0 Å². The summed E-state index contributed by atoms with van der Waals surface area (Å²) in [5.41, 5.74) is -1.22. The molecule has 0 aromatic rings. The SMILES string of the molecule is CCCC1(C(=O)O)CCN(C(=O)C(C)(C)NC)CC1. The fourth-order valence-electron chi connectivity index (χ4n) is 2.69. The summed E-state index contributed by atoms with van der Waals surface area (Å²) in [5.74, 6) is -0.667. The fourth-order valence-corrected chi connectivity index (χ4v) is 2.69. The lowest BCUT2D eigenvalue weighted by Crippen LogP contribution is -2.56. The van der Waals surface area contributed by atoms with Crippen molar-refractivity contribution in [3.63, 3.8) is 0 Å². The van der Waals surface area contributed by atoms with E-state index in [1.165, 1.54) is 0 Å². The fraction of sp³-hybridized carbons (Fsp3) is 0.857. The number of hydrogen-bond donors (Lipinski definition) is 2. The van der Waals surface area contributed by atoms with E-state index in [1.807, 2.05) is 20.8 Å². The Morgan fingerprint density at radius 1 is 1.32 bits per heavy atom. The summed E-state index contributed by atoms with van der Waals surface area (Å²) < 4.78 is 0. The molecule has 1 rings (SSSR count). The average molecular weight is 270 g/mol. The molecule has 1 aliphatic rings. The van der Waals surface area contributed by atoms with Gasteiger partial charge in [-0.05, 0) is 40.2 Å². The Bertz CT molecular complexity index is 345. The Morgan fingerprint density at radius 2 is 1.84 bits per heavy atom. The first kappa shape index (κ1) is 16.0. The average Bonchev–Trinajstić information content (AvgIpc) is 2.39. The van der Waals surface area contributed by atoms with Crippen LogP contribution in [-0.4, -0.2) is 47.6 Å². The summed E-state index contributed by atoms with van der Waals surface area (Å²) in [6.07, 6.45) is 2.67. The van der Waals surface area contributed by atoms with Crippen molar-refractivity contribution in [1.29, 1.82) is 0 Å². The van der Waals surface area contributed by atoms with Crippen molar-refractivity contribution >= 4 is 11.9 Å². The van der Waals surface area contributed by atoms with Gasteiger partial charge in [0.05, 0.1) is 11.0 Å². The molecule has 0 radical (unpaired) electrons. The van der Waals surface area contributed by atoms with Gasteiger partial charge in [0.2, 0.25) is 5.91 Å². The molecule has 1 saturated heterocycles. The summed E-state index contributed by atoms with van der Waals surface area (Å²) in [6.45, 7) is 6.78. The quantitative estimate of drug-likeness (QED) is 0.794. The van der Waals surface area contributed by atoms with E-state index in [1.54, 1.807) is 11.9 Å². The molecule has 0 aliphatic carbocycles. The minimum absolute atomic E-state index is 0.0467. The molecular formula is C14H26N2O3. The smallest absolute Gasteiger partial charge is 0.309 e. The molecule has 5 heteroatoms. The van der Waals surface area contributed by atoms with Crippen molar-refractivity contribution in [3.8, 4) is 0 Å². The maximum Gasteiger partial charge on any atom is 0.309 e. The molecule has 0 atom stereocenters. The second kappa shape index (κ2) is 5.90. The van der Waals surface area contributed by atoms with E-state index < -0.39 is 16.9 Å². The second-order valence-electron chi connectivity index (χ2n) is 6.00. The number of piperidine rings is 1. The number of amides is 1. The van der Waals surface area contributed by atoms with E-state index >= 15 is 0 Å². The molecule has 5 nitrogen and oxygen atoms in total. The minimum Gasteiger partial charge on any atom is -0.481 e. The summed E-state index contributed by atoms with van der Waals surface area (Å²) in [7, 11) is 1.76. The van der Waals surface area contributed by atoms with Crippen molar-refractivity contribution in [1.82, 2.24) is 10.2 Å². The third-order valence-electron chi connectivity index (χ3n) is 4.35. The molecule has 110 valence electrons. The van der Waals surface area contributed by atoms with Crippen LogP contribution in [0.3, 0.4) is 0 Å². The zero-order valence-corrected chi connectivity index (χ0v) is 12.5. The van der Waals surface area contributed by atoms with Crippen LogP contribution in [0.1, 0.15) is 46.5 Å². The highest BCUT2D eigenvalue weighted by Crippen LogP contribution is 2.36. The number of rotatable bonds is 5. The Morgan fingerprint density at radius 3 is 2.21 bits per heavy atom. The highest BCUT2D eigenvalue weighted by atomic mass is 16.4. The lowest BCUT2D eigenvalue weighted by molar-refractivity contribution is -0.156. The monoisotopic (exact) mass is 270 g/mol. The number of aliphatic carboxylic acids is 1. The normalized spacial score (nSPS) is 19.3. The van der Waals surface area contributed by atoms with E-state index in [4.69, 9.17) is 0 Å². The Kier molecular flexibility index (Phi) is 4.96. The van der Waals surface area contributed by atoms with Crippen LogP contribution in [0, 0.1) is 5.41 Å². The molecular weight excluding hydrogens is 244 g/mol. The molecule has 0 aromatic heterocycles. The Balaban J connectivity index is 2.71. The number of hydrogen-bond acceptors (Lipinski definition) is 3. The third-order valence-corrected chi connectivity index (χ3v) is 4.35. The first-order chi connectivity index (χ1) is 8.79. The predicted octanol–water partition coefficient (Wildman–Crippen LogP) is 1.48. The van der Waals surface area contributed by atoms with Gasteiger partial charge in [0.25, 0.3) is 0 Å². The predicted molar refractivity (Wildman–Crippen MR) is 73.9 cm³/mol. The van der Waals surface area contributed by atoms with E-state index in [9.17, 15) is 14.7 Å². The summed E-state index contributed by atoms with van der Waals surface area (Å²) >= 11 is 0. The lowest BCUT2D eigenvalue weighted by atomic mass is 9.75. The van der Waals surface area contributed by atoms with Gasteiger partial charge in [-0.15, -0.1) is 0 Å². The molecule has 0 aromatic carbocycles. The van der Waals surface area contributed by atoms with Gasteiger partial charge in [-0.25, -0.2) is 0 Å². The van der Waals surface area contributed by atoms with Crippen LogP contribution in [0.2, 0.25) is 0 Å². The first-order valence-electron chi connectivity index (χ1n) is 7.01. The van der Waals surface area contributed by atoms with Gasteiger partial charge in [0.15, 0.2) is 0 Å². The number of nitrogens with zero attached hydrogens (tertiary/aromatic N) is 1. The summed E-state index contributed by atoms with van der Waals surface area (Å²) in [4.78, 5) is 25.6. The summed E-state index contributed by atoms with van der Waals surface area (Å²) in [6, 6.07) is 0. The van der Waals surface area contributed by atoms with Crippen LogP contribution in [-0.2, 0) is 9.59 Å². The first-order valence-corrected chi connectivity index (χ1v) is 7.01. The van der Waals surface area contributed by atoms with Crippen LogP contribution >= 0.6 is 0 Å². The zero-order valence-electron chi connectivity index (χ0n) is 12.5. The number of likely N-dealkylation sites (N-methyl/N-ethyl adjacent to an activating group) is 1. The molecule has 1 aliphatic heterocycles. The van der Waals surface area contributed by atoms with Gasteiger partial charge in [0, 0.05) is 13.1 Å². The maximum atomic E-state index is 12.3. The van der Waals surface area contributed by atoms with Gasteiger partial charge >= 0.3 is 5.97 Å². The van der Waals surface area contributed by atoms with Crippen molar-refractivity contribution in [2.45, 2.75) is 52.0 Å². The van der Waals surface area contributed by atoms with Crippen molar-refractivity contribution in [2.75, 3.05) is 20.1 Å². The molecule has 1 amide bonds. The van der Waals surface area contributed by atoms with E-state index in [2.05, 4.69) is 5.32 Å². The number of likely N-dealkylation sites (tertiary alicyclic amines) is 1. The number of carboxylic acids is 1. The minimum atomic E-state index is -0.714. The highest BCUT2D eigenvalue weighted by molar-refractivity contribution is 5.86. The van der Waals surface area contributed by atoms with E-state index in [0.717, 1.165) is 6.42 Å². The third kappa shape index (κ3) is 3.26. The van der Waals surface area contributed by atoms with Crippen molar-refractivity contribution in [2.24, 2.45) is 5.41 Å². The zero-order chi connectivity index (χ0) is 14.7. The number of carbonyl (C=O) groups excluding carboxylic acids is 1. The van der Waals surface area contributed by atoms with Gasteiger partial charge < -0.3 is 15.3 Å². The molecule has 0 bridgehead atoms. The van der Waals surface area contributed by atoms with Gasteiger partial charge in [-0.2, -0.15) is 0 Å². The van der Waals surface area contributed by atoms with Crippen LogP contribution < -0.4 is 5.32 Å². The molecule has 1 fully saturated rings. The molecule has 1 heterocycles. The van der Waals surface area contributed by atoms with E-state index in [-0.39, 0.29) is 5.91 Å². The topological polar surface area (TPSA) is 69.6 Å². The largest absolute Gasteiger partial charge is 0.481 e. The highest BCUT2D eigenvalue weighted by Gasteiger charge is 2.43. The lowest BCUT2D eigenvalue weighted by Gasteiger charge is -2.41. The van der Waals surface area contributed by atoms with Crippen LogP contribution in [0.15, 0.2) is 0 Å². The van der Waals surface area contributed by atoms with Gasteiger partial charge in [-0.3, -0.25) is 9.59 Å². The summed E-state index contributed by atoms with van der Waals surface area (Å²) in [5, 5.41) is 12.4. The van der Waals surface area contributed by atoms with Gasteiger partial charge in [-0.1, -0.05) is 13.3 Å². The molecule has 0 saturated carbocycles. The van der Waals surface area contributed by atoms with Crippen LogP contribution in [0.5, 0.6) is 0 Å². The number of carboxylic acid groups (broad SMARTS) is 1. The van der Waals surface area contributed by atoms with Crippen LogP contribution in [0.4, 0.5) is 0 Å². The van der Waals surface area contributed by atoms with Crippen molar-refractivity contribution in [3.05, 3.63) is 0 Å².